The number of rotatable bonds is 4. The molecule has 2 heterocycles. The second-order valence-corrected chi connectivity index (χ2v) is 6.35. The molecule has 0 atom stereocenters. The van der Waals surface area contributed by atoms with Crippen LogP contribution in [0.15, 0.2) is 23.6 Å². The van der Waals surface area contributed by atoms with E-state index in [-0.39, 0.29) is 0 Å². The van der Waals surface area contributed by atoms with Crippen molar-refractivity contribution in [2.45, 2.75) is 30.8 Å². The van der Waals surface area contributed by atoms with Gasteiger partial charge in [-0.1, -0.05) is 23.4 Å². The van der Waals surface area contributed by atoms with E-state index in [2.05, 4.69) is 34.7 Å². The van der Waals surface area contributed by atoms with Gasteiger partial charge >= 0.3 is 0 Å². The summed E-state index contributed by atoms with van der Waals surface area (Å²) in [6, 6.07) is 4.37. The quantitative estimate of drug-likeness (QED) is 0.793. The van der Waals surface area contributed by atoms with Gasteiger partial charge in [0.2, 0.25) is 0 Å². The molecule has 0 saturated heterocycles. The predicted octanol–water partition coefficient (Wildman–Crippen LogP) is 3.87. The van der Waals surface area contributed by atoms with Gasteiger partial charge in [-0.2, -0.15) is 0 Å². The summed E-state index contributed by atoms with van der Waals surface area (Å²) < 4.78 is 2.90. The monoisotopic (exact) mass is 273 g/mol. The number of hydrogen-bond donors (Lipinski definition) is 0. The largest absolute Gasteiger partial charge is 0.306 e. The van der Waals surface area contributed by atoms with Crippen molar-refractivity contribution in [1.82, 2.24) is 14.8 Å². The highest BCUT2D eigenvalue weighted by molar-refractivity contribution is 7.98. The van der Waals surface area contributed by atoms with Crippen molar-refractivity contribution >= 4 is 34.7 Å². The number of aromatic nitrogens is 3. The van der Waals surface area contributed by atoms with E-state index in [9.17, 15) is 0 Å². The third kappa shape index (κ3) is 2.78. The first-order valence-electron chi connectivity index (χ1n) is 4.93. The van der Waals surface area contributed by atoms with Crippen LogP contribution in [0.5, 0.6) is 0 Å². The summed E-state index contributed by atoms with van der Waals surface area (Å²) in [6.07, 6.45) is 1.77. The molecule has 86 valence electrons. The minimum Gasteiger partial charge on any atom is -0.306 e. The molecule has 3 nitrogen and oxygen atoms in total. The molecule has 0 N–H and O–H groups in total. The summed E-state index contributed by atoms with van der Waals surface area (Å²) in [4.78, 5) is 1.26. The first-order chi connectivity index (χ1) is 7.66. The van der Waals surface area contributed by atoms with E-state index in [1.165, 1.54) is 4.88 Å². The molecular weight excluding hydrogens is 262 g/mol. The van der Waals surface area contributed by atoms with Gasteiger partial charge in [-0.3, -0.25) is 0 Å². The van der Waals surface area contributed by atoms with Crippen LogP contribution in [0.1, 0.15) is 24.8 Å². The fourth-order valence-electron chi connectivity index (χ4n) is 1.25. The van der Waals surface area contributed by atoms with Gasteiger partial charge in [-0.25, -0.2) is 0 Å². The summed E-state index contributed by atoms with van der Waals surface area (Å²) in [7, 11) is 0. The van der Waals surface area contributed by atoms with Crippen LogP contribution >= 0.6 is 34.7 Å². The van der Waals surface area contributed by atoms with Crippen LogP contribution in [0, 0.1) is 0 Å². The standard InChI is InChI=1S/C10H12ClN3S2/c1-7(2)14-6-12-13-10(14)15-5-8-3-4-9(11)16-8/h3-4,6-7H,5H2,1-2H3. The van der Waals surface area contributed by atoms with E-state index in [0.717, 1.165) is 15.2 Å². The third-order valence-electron chi connectivity index (χ3n) is 2.07. The molecule has 0 aliphatic rings. The average molecular weight is 274 g/mol. The van der Waals surface area contributed by atoms with Crippen molar-refractivity contribution in [3.63, 3.8) is 0 Å². The lowest BCUT2D eigenvalue weighted by molar-refractivity contribution is 0.549. The Labute approximate surface area is 108 Å². The third-order valence-corrected chi connectivity index (χ3v) is 4.49. The molecule has 0 amide bonds. The molecule has 2 rings (SSSR count). The lowest BCUT2D eigenvalue weighted by Crippen LogP contribution is -2.00. The molecule has 0 saturated carbocycles. The molecule has 0 radical (unpaired) electrons. The van der Waals surface area contributed by atoms with Crippen LogP contribution in [0.3, 0.4) is 0 Å². The number of nitrogens with zero attached hydrogens (tertiary/aromatic N) is 3. The normalized spacial score (nSPS) is 11.2. The predicted molar refractivity (Wildman–Crippen MR) is 69.3 cm³/mol. The summed E-state index contributed by atoms with van der Waals surface area (Å²) >= 11 is 9.18. The van der Waals surface area contributed by atoms with Crippen molar-refractivity contribution in [3.8, 4) is 0 Å². The Hall–Kier alpha value is -0.520. The van der Waals surface area contributed by atoms with Crippen LogP contribution in [-0.2, 0) is 5.75 Å². The maximum absolute atomic E-state index is 5.88. The summed E-state index contributed by atoms with van der Waals surface area (Å²) in [5, 5.41) is 9.00. The molecular formula is C10H12ClN3S2. The van der Waals surface area contributed by atoms with Crippen LogP contribution < -0.4 is 0 Å². The minimum absolute atomic E-state index is 0.393. The van der Waals surface area contributed by atoms with E-state index in [4.69, 9.17) is 11.6 Å². The first kappa shape index (κ1) is 12.0. The zero-order chi connectivity index (χ0) is 11.5. The smallest absolute Gasteiger partial charge is 0.191 e. The second kappa shape index (κ2) is 5.21. The van der Waals surface area contributed by atoms with Gasteiger partial charge in [0, 0.05) is 16.7 Å². The van der Waals surface area contributed by atoms with Gasteiger partial charge in [0.25, 0.3) is 0 Å². The molecule has 0 unspecified atom stereocenters. The Kier molecular flexibility index (Phi) is 3.89. The minimum atomic E-state index is 0.393. The van der Waals surface area contributed by atoms with Gasteiger partial charge in [-0.15, -0.1) is 21.5 Å². The maximum atomic E-state index is 5.88. The first-order valence-corrected chi connectivity index (χ1v) is 7.11. The number of thiophene rings is 1. The topological polar surface area (TPSA) is 30.7 Å². The Morgan fingerprint density at radius 1 is 1.50 bits per heavy atom. The zero-order valence-electron chi connectivity index (χ0n) is 9.05. The van der Waals surface area contributed by atoms with E-state index >= 15 is 0 Å². The SMILES string of the molecule is CC(C)n1cnnc1SCc1ccc(Cl)s1. The number of halogens is 1. The molecule has 0 spiro atoms. The van der Waals surface area contributed by atoms with Gasteiger partial charge in [0.1, 0.15) is 6.33 Å². The molecule has 0 aliphatic heterocycles. The molecule has 16 heavy (non-hydrogen) atoms. The van der Waals surface area contributed by atoms with Gasteiger partial charge < -0.3 is 4.57 Å². The van der Waals surface area contributed by atoms with Crippen molar-refractivity contribution < 1.29 is 0 Å². The van der Waals surface area contributed by atoms with Crippen LogP contribution in [0.4, 0.5) is 0 Å². The van der Waals surface area contributed by atoms with E-state index < -0.39 is 0 Å². The van der Waals surface area contributed by atoms with Crippen LogP contribution in [-0.4, -0.2) is 14.8 Å². The van der Waals surface area contributed by atoms with Crippen LogP contribution in [0.25, 0.3) is 0 Å². The highest BCUT2D eigenvalue weighted by Crippen LogP contribution is 2.28. The summed E-state index contributed by atoms with van der Waals surface area (Å²) in [6.45, 7) is 4.24. The summed E-state index contributed by atoms with van der Waals surface area (Å²) in [5.41, 5.74) is 0. The van der Waals surface area contributed by atoms with E-state index in [1.54, 1.807) is 29.4 Å². The fourth-order valence-corrected chi connectivity index (χ4v) is 3.43. The van der Waals surface area contributed by atoms with Crippen molar-refractivity contribution in [1.29, 1.82) is 0 Å². The average Bonchev–Trinajstić information content (AvgIpc) is 2.83. The van der Waals surface area contributed by atoms with Crippen molar-refractivity contribution in [3.05, 3.63) is 27.7 Å². The number of thioether (sulfide) groups is 1. The van der Waals surface area contributed by atoms with Crippen LogP contribution in [0.2, 0.25) is 4.34 Å². The van der Waals surface area contributed by atoms with E-state index in [1.807, 2.05) is 6.07 Å². The lowest BCUT2D eigenvalue weighted by Gasteiger charge is -2.08. The molecule has 0 aliphatic carbocycles. The molecule has 0 bridgehead atoms. The lowest BCUT2D eigenvalue weighted by atomic mass is 10.4. The molecule has 6 heteroatoms. The Bertz CT molecular complexity index is 464. The molecule has 0 fully saturated rings. The molecule has 2 aromatic rings. The highest BCUT2D eigenvalue weighted by atomic mass is 35.5. The fraction of sp³-hybridized carbons (Fsp3) is 0.400. The Morgan fingerprint density at radius 3 is 2.94 bits per heavy atom. The summed E-state index contributed by atoms with van der Waals surface area (Å²) in [5.74, 6) is 0.892. The Balaban J connectivity index is 2.02. The van der Waals surface area contributed by atoms with Gasteiger partial charge in [0.15, 0.2) is 5.16 Å². The highest BCUT2D eigenvalue weighted by Gasteiger charge is 2.08. The maximum Gasteiger partial charge on any atom is 0.191 e. The molecule has 0 aromatic carbocycles. The number of hydrogen-bond acceptors (Lipinski definition) is 4. The Morgan fingerprint density at radius 2 is 2.31 bits per heavy atom. The van der Waals surface area contributed by atoms with E-state index in [0.29, 0.717) is 6.04 Å². The second-order valence-electron chi connectivity index (χ2n) is 3.61. The zero-order valence-corrected chi connectivity index (χ0v) is 11.4. The van der Waals surface area contributed by atoms with Gasteiger partial charge in [0.05, 0.1) is 4.34 Å². The van der Waals surface area contributed by atoms with Crippen molar-refractivity contribution in [2.24, 2.45) is 0 Å². The van der Waals surface area contributed by atoms with Gasteiger partial charge in [-0.05, 0) is 26.0 Å². The van der Waals surface area contributed by atoms with Crippen molar-refractivity contribution in [2.75, 3.05) is 0 Å². The molecule has 2 aromatic heterocycles.